The molecular formula is C22H26F4O3. The highest BCUT2D eigenvalue weighted by Crippen LogP contribution is 2.30. The molecule has 0 N–H and O–H groups in total. The second-order valence-electron chi connectivity index (χ2n) is 6.47. The molecule has 2 rings (SSSR count). The van der Waals surface area contributed by atoms with Crippen LogP contribution in [0, 0.1) is 17.5 Å². The second kappa shape index (κ2) is 11.5. The van der Waals surface area contributed by atoms with Crippen molar-refractivity contribution >= 4 is 0 Å². The molecule has 160 valence electrons. The quantitative estimate of drug-likeness (QED) is 0.291. The van der Waals surface area contributed by atoms with E-state index in [0.717, 1.165) is 25.3 Å². The number of ether oxygens (including phenoxy) is 3. The smallest absolute Gasteiger partial charge is 0.204 e. The Hall–Kier alpha value is -2.44. The summed E-state index contributed by atoms with van der Waals surface area (Å²) in [5.74, 6) is -3.43. The maximum absolute atomic E-state index is 14.3. The lowest BCUT2D eigenvalue weighted by molar-refractivity contribution is 0.226. The topological polar surface area (TPSA) is 27.7 Å². The maximum Gasteiger partial charge on any atom is 0.204 e. The van der Waals surface area contributed by atoms with E-state index in [9.17, 15) is 17.6 Å². The van der Waals surface area contributed by atoms with Crippen LogP contribution in [0.5, 0.6) is 17.2 Å². The molecule has 0 fully saturated rings. The van der Waals surface area contributed by atoms with Crippen LogP contribution in [0.25, 0.3) is 0 Å². The van der Waals surface area contributed by atoms with E-state index in [1.54, 1.807) is 6.92 Å². The molecule has 29 heavy (non-hydrogen) atoms. The zero-order valence-electron chi connectivity index (χ0n) is 16.7. The van der Waals surface area contributed by atoms with Gasteiger partial charge in [-0.05, 0) is 43.2 Å². The van der Waals surface area contributed by atoms with Gasteiger partial charge in [-0.1, -0.05) is 25.8 Å². The van der Waals surface area contributed by atoms with Crippen LogP contribution in [0.15, 0.2) is 30.3 Å². The molecule has 7 heteroatoms. The van der Waals surface area contributed by atoms with Crippen molar-refractivity contribution in [2.45, 2.75) is 45.7 Å². The van der Waals surface area contributed by atoms with Crippen LogP contribution in [-0.4, -0.2) is 19.8 Å². The molecule has 1 atom stereocenters. The summed E-state index contributed by atoms with van der Waals surface area (Å²) in [6.07, 6.45) is 1.01. The normalized spacial score (nSPS) is 11.9. The number of hydrogen-bond acceptors (Lipinski definition) is 3. The van der Waals surface area contributed by atoms with Gasteiger partial charge in [0.25, 0.3) is 0 Å². The Labute approximate surface area is 168 Å². The fourth-order valence-electron chi connectivity index (χ4n) is 2.69. The number of hydrogen-bond donors (Lipinski definition) is 0. The fourth-order valence-corrected chi connectivity index (χ4v) is 2.69. The van der Waals surface area contributed by atoms with Gasteiger partial charge in [-0.2, -0.15) is 8.78 Å². The maximum atomic E-state index is 14.3. The van der Waals surface area contributed by atoms with Crippen LogP contribution in [-0.2, 0) is 0 Å². The van der Waals surface area contributed by atoms with E-state index in [1.807, 2.05) is 6.92 Å². The van der Waals surface area contributed by atoms with Gasteiger partial charge in [-0.3, -0.25) is 0 Å². The summed E-state index contributed by atoms with van der Waals surface area (Å²) in [5.41, 5.74) is 0.122. The largest absolute Gasteiger partial charge is 0.491 e. The average Bonchev–Trinajstić information content (AvgIpc) is 2.71. The number of rotatable bonds is 12. The van der Waals surface area contributed by atoms with E-state index in [-0.39, 0.29) is 35.8 Å². The second-order valence-corrected chi connectivity index (χ2v) is 6.47. The van der Waals surface area contributed by atoms with Gasteiger partial charge in [0, 0.05) is 6.42 Å². The van der Waals surface area contributed by atoms with Crippen LogP contribution < -0.4 is 14.2 Å². The minimum absolute atomic E-state index is 0.0502. The van der Waals surface area contributed by atoms with Crippen molar-refractivity contribution in [3.63, 3.8) is 0 Å². The Balaban J connectivity index is 1.89. The molecule has 2 aromatic carbocycles. The molecule has 0 radical (unpaired) electrons. The van der Waals surface area contributed by atoms with Crippen LogP contribution in [0.4, 0.5) is 17.6 Å². The van der Waals surface area contributed by atoms with Gasteiger partial charge in [-0.15, -0.1) is 0 Å². The summed E-state index contributed by atoms with van der Waals surface area (Å²) in [4.78, 5) is 0. The van der Waals surface area contributed by atoms with Crippen LogP contribution in [0.2, 0.25) is 0 Å². The van der Waals surface area contributed by atoms with E-state index < -0.39 is 23.6 Å². The lowest BCUT2D eigenvalue weighted by atomic mass is 10.1. The predicted octanol–water partition coefficient (Wildman–Crippen LogP) is 6.55. The summed E-state index contributed by atoms with van der Waals surface area (Å²) in [7, 11) is 0. The number of halogens is 4. The highest BCUT2D eigenvalue weighted by atomic mass is 19.2. The molecule has 0 aliphatic rings. The van der Waals surface area contributed by atoms with Gasteiger partial charge in [0.2, 0.25) is 11.6 Å². The number of benzene rings is 2. The van der Waals surface area contributed by atoms with Crippen molar-refractivity contribution in [3.05, 3.63) is 53.3 Å². The minimum atomic E-state index is -1.52. The molecule has 2 aromatic rings. The Morgan fingerprint density at radius 1 is 0.793 bits per heavy atom. The highest BCUT2D eigenvalue weighted by molar-refractivity contribution is 5.35. The molecule has 0 aliphatic heterocycles. The van der Waals surface area contributed by atoms with E-state index in [4.69, 9.17) is 14.2 Å². The van der Waals surface area contributed by atoms with Gasteiger partial charge in [0.05, 0.1) is 19.8 Å². The van der Waals surface area contributed by atoms with Gasteiger partial charge in [0.15, 0.2) is 23.1 Å². The summed E-state index contributed by atoms with van der Waals surface area (Å²) >= 11 is 0. The third-order valence-electron chi connectivity index (χ3n) is 4.26. The minimum Gasteiger partial charge on any atom is -0.491 e. The summed E-state index contributed by atoms with van der Waals surface area (Å²) in [5, 5.41) is 0. The molecular weight excluding hydrogens is 388 g/mol. The van der Waals surface area contributed by atoms with Gasteiger partial charge >= 0.3 is 0 Å². The van der Waals surface area contributed by atoms with Crippen molar-refractivity contribution in [2.24, 2.45) is 0 Å². The highest BCUT2D eigenvalue weighted by Gasteiger charge is 2.17. The monoisotopic (exact) mass is 414 g/mol. The molecule has 0 saturated carbocycles. The SMILES string of the molecule is CCCCCOc1ccc(OCCC(F)c2ccc(OCC)c(F)c2)c(F)c1F. The molecule has 0 bridgehead atoms. The molecule has 0 amide bonds. The Bertz CT molecular complexity index is 783. The van der Waals surface area contributed by atoms with Crippen molar-refractivity contribution in [1.29, 1.82) is 0 Å². The molecule has 0 aliphatic carbocycles. The lowest BCUT2D eigenvalue weighted by Gasteiger charge is -2.13. The summed E-state index contributed by atoms with van der Waals surface area (Å²) in [6, 6.07) is 6.37. The standard InChI is InChI=1S/C22H26F4O3/c1-3-5-6-12-28-19-9-10-20(22(26)21(19)25)29-13-11-16(23)15-7-8-18(27-4-2)17(24)14-15/h7-10,14,16H,3-6,11-13H2,1-2H3. The molecule has 0 spiro atoms. The van der Waals surface area contributed by atoms with E-state index in [1.165, 1.54) is 24.3 Å². The van der Waals surface area contributed by atoms with Crippen molar-refractivity contribution < 1.29 is 31.8 Å². The Kier molecular flexibility index (Phi) is 9.09. The lowest BCUT2D eigenvalue weighted by Crippen LogP contribution is -2.06. The summed E-state index contributed by atoms with van der Waals surface area (Å²) in [6.45, 7) is 4.14. The first kappa shape index (κ1) is 22.8. The first-order valence-electron chi connectivity index (χ1n) is 9.77. The summed E-state index contributed by atoms with van der Waals surface area (Å²) < 4.78 is 71.8. The third kappa shape index (κ3) is 6.54. The van der Waals surface area contributed by atoms with Crippen molar-refractivity contribution in [2.75, 3.05) is 19.8 Å². The Morgan fingerprint density at radius 2 is 1.41 bits per heavy atom. The number of alkyl halides is 1. The van der Waals surface area contributed by atoms with Crippen LogP contribution in [0.3, 0.4) is 0 Å². The average molecular weight is 414 g/mol. The number of unbranched alkanes of at least 4 members (excludes halogenated alkanes) is 2. The zero-order valence-corrected chi connectivity index (χ0v) is 16.7. The molecule has 1 unspecified atom stereocenters. The first-order chi connectivity index (χ1) is 14.0. The first-order valence-corrected chi connectivity index (χ1v) is 9.77. The molecule has 0 saturated heterocycles. The van der Waals surface area contributed by atoms with Gasteiger partial charge < -0.3 is 14.2 Å². The molecule has 0 heterocycles. The van der Waals surface area contributed by atoms with Crippen molar-refractivity contribution in [3.8, 4) is 17.2 Å². The predicted molar refractivity (Wildman–Crippen MR) is 103 cm³/mol. The van der Waals surface area contributed by atoms with Gasteiger partial charge in [-0.25, -0.2) is 8.78 Å². The van der Waals surface area contributed by atoms with Crippen molar-refractivity contribution in [1.82, 2.24) is 0 Å². The van der Waals surface area contributed by atoms with E-state index >= 15 is 0 Å². The zero-order chi connectivity index (χ0) is 21.2. The van der Waals surface area contributed by atoms with Crippen LogP contribution >= 0.6 is 0 Å². The van der Waals surface area contributed by atoms with E-state index in [0.29, 0.717) is 13.2 Å². The van der Waals surface area contributed by atoms with E-state index in [2.05, 4.69) is 0 Å². The third-order valence-corrected chi connectivity index (χ3v) is 4.26. The van der Waals surface area contributed by atoms with Gasteiger partial charge in [0.1, 0.15) is 6.17 Å². The fraction of sp³-hybridized carbons (Fsp3) is 0.455. The van der Waals surface area contributed by atoms with Crippen LogP contribution in [0.1, 0.15) is 51.3 Å². The molecule has 3 nitrogen and oxygen atoms in total. The molecule has 0 aromatic heterocycles. The Morgan fingerprint density at radius 3 is 2.00 bits per heavy atom.